The van der Waals surface area contributed by atoms with Crippen LogP contribution in [-0.4, -0.2) is 165 Å². The zero-order valence-corrected chi connectivity index (χ0v) is 45.5. The summed E-state index contributed by atoms with van der Waals surface area (Å²) in [6.45, 7) is 15.8. The van der Waals surface area contributed by atoms with Gasteiger partial charge in [-0.05, 0) is 108 Å². The normalized spacial score (nSPS) is 29.2. The maximum absolute atomic E-state index is 12.9. The van der Waals surface area contributed by atoms with Crippen LogP contribution in [0.2, 0.25) is 0 Å². The van der Waals surface area contributed by atoms with Gasteiger partial charge in [0.15, 0.2) is 6.10 Å². The Kier molecular flexibility index (Phi) is 22.9. The van der Waals surface area contributed by atoms with Crippen LogP contribution < -0.4 is 22.7 Å². The molecule has 12 nitrogen and oxygen atoms in total. The van der Waals surface area contributed by atoms with E-state index >= 15 is 0 Å². The molecule has 398 valence electrons. The minimum absolute atomic E-state index is 0. The SMILES string of the molecule is CO[C@H]1CN(CCCCCC(=O)OC2CN3CCC2CC3)CC[C@H]1N.CO[C@H]1CN(CCCCCC(=O)OC2C[N+]3(Cc4ccccc4)CCC2CC3)CC[C@H]1N(Cc1ccccc1)Cc1ccccc1.[Br-]. The van der Waals surface area contributed by atoms with E-state index in [9.17, 15) is 9.59 Å². The number of piperidine rings is 8. The highest BCUT2D eigenvalue weighted by atomic mass is 79.9. The first-order valence-electron chi connectivity index (χ1n) is 27.8. The van der Waals surface area contributed by atoms with Crippen molar-refractivity contribution in [3.8, 4) is 0 Å². The number of hydrogen-bond acceptors (Lipinski definition) is 11. The highest BCUT2D eigenvalue weighted by molar-refractivity contribution is 5.70. The lowest BCUT2D eigenvalue weighted by Gasteiger charge is -2.52. The van der Waals surface area contributed by atoms with Crippen molar-refractivity contribution in [2.24, 2.45) is 17.6 Å². The zero-order valence-electron chi connectivity index (χ0n) is 43.9. The van der Waals surface area contributed by atoms with Crippen molar-refractivity contribution >= 4 is 11.9 Å². The number of rotatable bonds is 23. The molecule has 2 unspecified atom stereocenters. The van der Waals surface area contributed by atoms with Gasteiger partial charge in [0.25, 0.3) is 0 Å². The fourth-order valence-corrected chi connectivity index (χ4v) is 12.8. The molecule has 0 amide bonds. The summed E-state index contributed by atoms with van der Waals surface area (Å²) in [4.78, 5) is 35.0. The maximum atomic E-state index is 12.9. The summed E-state index contributed by atoms with van der Waals surface area (Å²) in [5.74, 6) is 1.16. The number of quaternary nitrogens is 1. The van der Waals surface area contributed by atoms with Gasteiger partial charge in [0, 0.05) is 96.2 Å². The lowest BCUT2D eigenvalue weighted by molar-refractivity contribution is -0.958. The molecule has 8 fully saturated rings. The molecular formula is C59H89BrN6O6. The molecule has 0 aromatic heterocycles. The minimum Gasteiger partial charge on any atom is -1.00 e. The van der Waals surface area contributed by atoms with E-state index in [1.807, 2.05) is 7.11 Å². The number of benzene rings is 3. The highest BCUT2D eigenvalue weighted by Gasteiger charge is 2.47. The maximum Gasteiger partial charge on any atom is 0.306 e. The van der Waals surface area contributed by atoms with Gasteiger partial charge in [0.1, 0.15) is 19.2 Å². The second-order valence-corrected chi connectivity index (χ2v) is 22.1. The topological polar surface area (TPSA) is 110 Å². The Morgan fingerprint density at radius 2 is 1.07 bits per heavy atom. The number of methoxy groups -OCH3 is 2. The Balaban J connectivity index is 0.000000247. The van der Waals surface area contributed by atoms with Gasteiger partial charge in [0.2, 0.25) is 0 Å². The van der Waals surface area contributed by atoms with Crippen molar-refractivity contribution in [2.75, 3.05) is 92.8 Å². The smallest absolute Gasteiger partial charge is 0.306 e. The van der Waals surface area contributed by atoms with Gasteiger partial charge in [0.05, 0.1) is 25.3 Å². The van der Waals surface area contributed by atoms with Crippen LogP contribution in [0.5, 0.6) is 0 Å². The number of fused-ring (bicyclic) bond motifs is 6. The van der Waals surface area contributed by atoms with Crippen LogP contribution in [0.1, 0.15) is 107 Å². The summed E-state index contributed by atoms with van der Waals surface area (Å²) >= 11 is 0. The second-order valence-electron chi connectivity index (χ2n) is 22.1. The first-order chi connectivity index (χ1) is 34.7. The number of unbranched alkanes of at least 4 members (excludes halogenated alkanes) is 4. The van der Waals surface area contributed by atoms with Crippen LogP contribution in [-0.2, 0) is 48.2 Å². The number of halogens is 1. The first kappa shape index (κ1) is 56.5. The van der Waals surface area contributed by atoms with Crippen LogP contribution in [0.3, 0.4) is 0 Å². The molecule has 0 aliphatic carbocycles. The molecule has 3 aromatic rings. The molecule has 0 spiro atoms. The van der Waals surface area contributed by atoms with Crippen LogP contribution in [0, 0.1) is 11.8 Å². The quantitative estimate of drug-likeness (QED) is 0.0795. The van der Waals surface area contributed by atoms with E-state index < -0.39 is 0 Å². The van der Waals surface area contributed by atoms with Crippen LogP contribution >= 0.6 is 0 Å². The number of likely N-dealkylation sites (tertiary alicyclic amines) is 2. The molecule has 0 saturated carbocycles. The van der Waals surface area contributed by atoms with Crippen molar-refractivity contribution in [3.05, 3.63) is 108 Å². The average molecular weight is 1060 g/mol. The Hall–Kier alpha value is -3.24. The van der Waals surface area contributed by atoms with Gasteiger partial charge in [-0.2, -0.15) is 0 Å². The van der Waals surface area contributed by atoms with E-state index in [1.165, 1.54) is 68.6 Å². The van der Waals surface area contributed by atoms with E-state index in [4.69, 9.17) is 24.7 Å². The van der Waals surface area contributed by atoms with Crippen molar-refractivity contribution in [1.82, 2.24) is 19.6 Å². The van der Waals surface area contributed by atoms with Gasteiger partial charge in [-0.25, -0.2) is 0 Å². The molecular weight excluding hydrogens is 969 g/mol. The Bertz CT molecular complexity index is 1960. The lowest BCUT2D eigenvalue weighted by atomic mass is 9.83. The van der Waals surface area contributed by atoms with E-state index in [1.54, 1.807) is 7.11 Å². The lowest BCUT2D eigenvalue weighted by Crippen LogP contribution is -3.00. The third-order valence-electron chi connectivity index (χ3n) is 17.1. The van der Waals surface area contributed by atoms with Crippen molar-refractivity contribution < 1.29 is 50.0 Å². The molecule has 13 heteroatoms. The predicted molar refractivity (Wildman–Crippen MR) is 281 cm³/mol. The third kappa shape index (κ3) is 16.9. The summed E-state index contributed by atoms with van der Waals surface area (Å²) in [5, 5.41) is 0. The van der Waals surface area contributed by atoms with Crippen molar-refractivity contribution in [3.63, 3.8) is 0 Å². The largest absolute Gasteiger partial charge is 1.00 e. The van der Waals surface area contributed by atoms with Gasteiger partial charge >= 0.3 is 11.9 Å². The van der Waals surface area contributed by atoms with Crippen LogP contribution in [0.15, 0.2) is 91.0 Å². The molecule has 8 aliphatic rings. The summed E-state index contributed by atoms with van der Waals surface area (Å²) < 4.78 is 24.6. The Morgan fingerprint density at radius 3 is 1.60 bits per heavy atom. The number of carbonyl (C=O) groups is 2. The molecule has 8 saturated heterocycles. The summed E-state index contributed by atoms with van der Waals surface area (Å²) in [6, 6.07) is 33.0. The minimum atomic E-state index is 0. The number of nitrogens with zero attached hydrogens (tertiary/aromatic N) is 5. The summed E-state index contributed by atoms with van der Waals surface area (Å²) in [6.07, 6.45) is 14.7. The standard InChI is InChI=1S/C40H54N3O3.C19H35N3O3.BrH/c1-45-38-30-41(25-21-37(38)42(28-33-14-6-2-7-15-33)29-34-16-8-3-9-17-34)24-13-5-12-20-40(44)46-39-32-43(26-22-36(39)23-27-43)31-35-18-10-4-11-19-35;1-24-18-14-21(12-8-16(18)20)9-4-2-3-5-19(23)25-17-13-22-10-6-15(17)7-11-22;/h2-4,6-11,14-19,36-39H,5,12-13,20-32H2,1H3;15-18H,2-14,20H2,1H3;1H/q+1;;/p-1/t36?,37-,38+,39?,43?;16-,17?,18+;/m11./s1. The second kappa shape index (κ2) is 29.2. The summed E-state index contributed by atoms with van der Waals surface area (Å²) in [7, 11) is 3.62. The number of carbonyl (C=O) groups excluding carboxylic acids is 2. The monoisotopic (exact) mass is 1060 g/mol. The Labute approximate surface area is 443 Å². The number of nitrogens with two attached hydrogens (primary N) is 1. The molecule has 3 aromatic carbocycles. The van der Waals surface area contributed by atoms with E-state index in [-0.39, 0.29) is 59.4 Å². The number of hydrogen-bond donors (Lipinski definition) is 1. The van der Waals surface area contributed by atoms with E-state index in [0.717, 1.165) is 128 Å². The number of ether oxygens (including phenoxy) is 4. The van der Waals surface area contributed by atoms with Gasteiger partial charge in [-0.3, -0.25) is 19.4 Å². The molecule has 8 aliphatic heterocycles. The average Bonchev–Trinajstić information content (AvgIpc) is 3.40. The van der Waals surface area contributed by atoms with Gasteiger partial charge in [-0.15, -0.1) is 0 Å². The molecule has 0 radical (unpaired) electrons. The highest BCUT2D eigenvalue weighted by Crippen LogP contribution is 2.37. The predicted octanol–water partition coefficient (Wildman–Crippen LogP) is 4.93. The number of esters is 2. The van der Waals surface area contributed by atoms with Gasteiger partial charge < -0.3 is 55.9 Å². The van der Waals surface area contributed by atoms with Crippen molar-refractivity contribution in [2.45, 2.75) is 146 Å². The van der Waals surface area contributed by atoms with Crippen LogP contribution in [0.25, 0.3) is 0 Å². The van der Waals surface area contributed by atoms with E-state index in [2.05, 4.69) is 111 Å². The molecule has 6 atom stereocenters. The van der Waals surface area contributed by atoms with Crippen LogP contribution in [0.4, 0.5) is 0 Å². The Morgan fingerprint density at radius 1 is 0.569 bits per heavy atom. The molecule has 2 N–H and O–H groups in total. The first-order valence-corrected chi connectivity index (χ1v) is 27.8. The van der Waals surface area contributed by atoms with Gasteiger partial charge in [-0.1, -0.05) is 104 Å². The van der Waals surface area contributed by atoms with Crippen molar-refractivity contribution in [1.29, 1.82) is 0 Å². The summed E-state index contributed by atoms with van der Waals surface area (Å²) in [5.41, 5.74) is 10.1. The molecule has 8 heterocycles. The molecule has 4 bridgehead atoms. The fourth-order valence-electron chi connectivity index (χ4n) is 12.8. The fraction of sp³-hybridized carbons (Fsp3) is 0.661. The molecule has 72 heavy (non-hydrogen) atoms. The zero-order chi connectivity index (χ0) is 49.3. The third-order valence-corrected chi connectivity index (χ3v) is 17.1. The molecule has 11 rings (SSSR count). The van der Waals surface area contributed by atoms with E-state index in [0.29, 0.717) is 30.7 Å².